The lowest BCUT2D eigenvalue weighted by Crippen LogP contribution is -2.32. The predicted octanol–water partition coefficient (Wildman–Crippen LogP) is 0.948. The first-order valence-electron chi connectivity index (χ1n) is 4.82. The van der Waals surface area contributed by atoms with E-state index in [4.69, 9.17) is 15.6 Å². The molecule has 0 aliphatic carbocycles. The maximum Gasteiger partial charge on any atom is 0.321 e. The van der Waals surface area contributed by atoms with Crippen molar-refractivity contribution in [2.24, 2.45) is 5.73 Å². The van der Waals surface area contributed by atoms with E-state index < -0.39 is 12.0 Å². The van der Waals surface area contributed by atoms with E-state index in [0.29, 0.717) is 12.4 Å². The Kier molecular flexibility index (Phi) is 9.13. The highest BCUT2D eigenvalue weighted by Gasteiger charge is 2.10. The molecule has 0 bridgehead atoms. The Morgan fingerprint density at radius 2 is 2.29 bits per heavy atom. The standard InChI is InChI=1S/C9H19NO3S/c1-2-3-4-13-5-6-14-7-8(10)9(11)12/h8H,2-7,10H2,1H3,(H,11,12). The molecule has 1 unspecified atom stereocenters. The van der Waals surface area contributed by atoms with Gasteiger partial charge in [0.05, 0.1) is 6.61 Å². The van der Waals surface area contributed by atoms with Crippen molar-refractivity contribution >= 4 is 17.7 Å². The molecule has 14 heavy (non-hydrogen) atoms. The SMILES string of the molecule is CCCCOCCSCC(N)C(=O)O. The number of thioether (sulfide) groups is 1. The number of unbranched alkanes of at least 4 members (excludes halogenated alkanes) is 1. The Hall–Kier alpha value is -0.260. The highest BCUT2D eigenvalue weighted by atomic mass is 32.2. The summed E-state index contributed by atoms with van der Waals surface area (Å²) in [5, 5.41) is 8.49. The molecule has 1 atom stereocenters. The number of hydrogen-bond acceptors (Lipinski definition) is 4. The monoisotopic (exact) mass is 221 g/mol. The molecule has 0 aliphatic rings. The first-order chi connectivity index (χ1) is 6.68. The Bertz CT molecular complexity index is 155. The lowest BCUT2D eigenvalue weighted by molar-refractivity contribution is -0.137. The van der Waals surface area contributed by atoms with E-state index in [0.717, 1.165) is 25.2 Å². The van der Waals surface area contributed by atoms with Crippen molar-refractivity contribution in [1.82, 2.24) is 0 Å². The third-order valence-corrected chi connectivity index (χ3v) is 2.68. The number of carboxylic acids is 1. The molecule has 4 nitrogen and oxygen atoms in total. The number of carbonyl (C=O) groups is 1. The Labute approximate surface area is 89.2 Å². The summed E-state index contributed by atoms with van der Waals surface area (Å²) in [6, 6.07) is -0.754. The fourth-order valence-corrected chi connectivity index (χ4v) is 1.55. The van der Waals surface area contributed by atoms with Gasteiger partial charge in [-0.05, 0) is 6.42 Å². The molecule has 0 radical (unpaired) electrons. The molecular formula is C9H19NO3S. The van der Waals surface area contributed by atoms with Crippen molar-refractivity contribution in [2.45, 2.75) is 25.8 Å². The van der Waals surface area contributed by atoms with E-state index in [1.54, 1.807) is 0 Å². The lowest BCUT2D eigenvalue weighted by Gasteiger charge is -2.06. The number of nitrogens with two attached hydrogens (primary N) is 1. The van der Waals surface area contributed by atoms with Crippen molar-refractivity contribution < 1.29 is 14.6 Å². The molecule has 3 N–H and O–H groups in total. The second kappa shape index (κ2) is 9.30. The molecule has 0 amide bonds. The second-order valence-electron chi connectivity index (χ2n) is 2.99. The molecule has 0 aromatic rings. The van der Waals surface area contributed by atoms with Gasteiger partial charge in [0.25, 0.3) is 0 Å². The van der Waals surface area contributed by atoms with Gasteiger partial charge in [-0.3, -0.25) is 4.79 Å². The molecule has 0 aromatic heterocycles. The van der Waals surface area contributed by atoms with Gasteiger partial charge in [0.15, 0.2) is 0 Å². The van der Waals surface area contributed by atoms with Crippen LogP contribution >= 0.6 is 11.8 Å². The molecule has 0 heterocycles. The van der Waals surface area contributed by atoms with Crippen LogP contribution in [-0.2, 0) is 9.53 Å². The summed E-state index contributed by atoms with van der Waals surface area (Å²) in [6.07, 6.45) is 2.22. The topological polar surface area (TPSA) is 72.5 Å². The zero-order chi connectivity index (χ0) is 10.8. The van der Waals surface area contributed by atoms with Gasteiger partial charge in [0.1, 0.15) is 6.04 Å². The summed E-state index contributed by atoms with van der Waals surface area (Å²) in [4.78, 5) is 10.3. The van der Waals surface area contributed by atoms with Crippen LogP contribution in [0.2, 0.25) is 0 Å². The first-order valence-corrected chi connectivity index (χ1v) is 5.97. The van der Waals surface area contributed by atoms with Gasteiger partial charge < -0.3 is 15.6 Å². The third kappa shape index (κ3) is 8.34. The summed E-state index contributed by atoms with van der Waals surface area (Å²) in [6.45, 7) is 3.59. The van der Waals surface area contributed by atoms with Crippen LogP contribution < -0.4 is 5.73 Å². The summed E-state index contributed by atoms with van der Waals surface area (Å²) in [7, 11) is 0. The van der Waals surface area contributed by atoms with Crippen LogP contribution in [0, 0.1) is 0 Å². The van der Waals surface area contributed by atoms with Gasteiger partial charge in [-0.2, -0.15) is 11.8 Å². The minimum absolute atomic E-state index is 0.451. The van der Waals surface area contributed by atoms with Crippen LogP contribution in [0.4, 0.5) is 0 Å². The highest BCUT2D eigenvalue weighted by molar-refractivity contribution is 7.99. The Morgan fingerprint density at radius 1 is 1.57 bits per heavy atom. The minimum Gasteiger partial charge on any atom is -0.480 e. The molecule has 0 aliphatic heterocycles. The quantitative estimate of drug-likeness (QED) is 0.567. The average Bonchev–Trinajstić information content (AvgIpc) is 2.16. The molecule has 5 heteroatoms. The highest BCUT2D eigenvalue weighted by Crippen LogP contribution is 2.02. The average molecular weight is 221 g/mol. The Morgan fingerprint density at radius 3 is 2.86 bits per heavy atom. The number of rotatable bonds is 9. The molecule has 0 rings (SSSR count). The largest absolute Gasteiger partial charge is 0.480 e. The van der Waals surface area contributed by atoms with E-state index in [1.807, 2.05) is 0 Å². The normalized spacial score (nSPS) is 12.7. The number of carboxylic acid groups (broad SMARTS) is 1. The van der Waals surface area contributed by atoms with Gasteiger partial charge >= 0.3 is 5.97 Å². The first kappa shape index (κ1) is 13.7. The summed E-state index contributed by atoms with van der Waals surface area (Å²) in [5.41, 5.74) is 5.32. The van der Waals surface area contributed by atoms with E-state index >= 15 is 0 Å². The van der Waals surface area contributed by atoms with E-state index in [2.05, 4.69) is 6.92 Å². The van der Waals surface area contributed by atoms with Crippen molar-refractivity contribution in [1.29, 1.82) is 0 Å². The Balaban J connectivity index is 3.09. The summed E-state index contributed by atoms with van der Waals surface area (Å²) < 4.78 is 5.31. The van der Waals surface area contributed by atoms with Crippen LogP contribution in [0.25, 0.3) is 0 Å². The van der Waals surface area contributed by atoms with Crippen molar-refractivity contribution in [3.8, 4) is 0 Å². The summed E-state index contributed by atoms with van der Waals surface area (Å²) in [5.74, 6) is 0.321. The van der Waals surface area contributed by atoms with Gasteiger partial charge in [-0.25, -0.2) is 0 Å². The van der Waals surface area contributed by atoms with Gasteiger partial charge in [0, 0.05) is 18.1 Å². The molecule has 0 spiro atoms. The molecule has 0 aromatic carbocycles. The smallest absolute Gasteiger partial charge is 0.321 e. The lowest BCUT2D eigenvalue weighted by atomic mass is 10.4. The van der Waals surface area contributed by atoms with E-state index in [-0.39, 0.29) is 0 Å². The fraction of sp³-hybridized carbons (Fsp3) is 0.889. The second-order valence-corrected chi connectivity index (χ2v) is 4.14. The molecule has 84 valence electrons. The van der Waals surface area contributed by atoms with Crippen LogP contribution in [0.3, 0.4) is 0 Å². The van der Waals surface area contributed by atoms with E-state index in [1.165, 1.54) is 11.8 Å². The maximum absolute atomic E-state index is 10.3. The van der Waals surface area contributed by atoms with Crippen molar-refractivity contribution in [2.75, 3.05) is 24.7 Å². The zero-order valence-electron chi connectivity index (χ0n) is 8.57. The van der Waals surface area contributed by atoms with Crippen LogP contribution in [0.5, 0.6) is 0 Å². The van der Waals surface area contributed by atoms with Crippen molar-refractivity contribution in [3.63, 3.8) is 0 Å². The zero-order valence-corrected chi connectivity index (χ0v) is 9.39. The maximum atomic E-state index is 10.3. The predicted molar refractivity (Wildman–Crippen MR) is 58.7 cm³/mol. The summed E-state index contributed by atoms with van der Waals surface area (Å²) >= 11 is 1.52. The molecule has 0 fully saturated rings. The van der Waals surface area contributed by atoms with Crippen LogP contribution in [-0.4, -0.2) is 41.8 Å². The molecule has 0 saturated carbocycles. The van der Waals surface area contributed by atoms with E-state index in [9.17, 15) is 4.79 Å². The minimum atomic E-state index is -0.940. The third-order valence-electron chi connectivity index (χ3n) is 1.63. The van der Waals surface area contributed by atoms with Gasteiger partial charge in [0.2, 0.25) is 0 Å². The number of aliphatic carboxylic acids is 1. The van der Waals surface area contributed by atoms with Crippen molar-refractivity contribution in [3.05, 3.63) is 0 Å². The molecule has 0 saturated heterocycles. The number of hydrogen-bond donors (Lipinski definition) is 2. The van der Waals surface area contributed by atoms with Crippen LogP contribution in [0.15, 0.2) is 0 Å². The van der Waals surface area contributed by atoms with Gasteiger partial charge in [-0.15, -0.1) is 0 Å². The van der Waals surface area contributed by atoms with Crippen LogP contribution in [0.1, 0.15) is 19.8 Å². The van der Waals surface area contributed by atoms with Gasteiger partial charge in [-0.1, -0.05) is 13.3 Å². The molecular weight excluding hydrogens is 202 g/mol. The fourth-order valence-electron chi connectivity index (χ4n) is 0.748. The number of ether oxygens (including phenoxy) is 1.